The average Bonchev–Trinajstić information content (AvgIpc) is 2.15. The monoisotopic (exact) mass is 228 g/mol. The van der Waals surface area contributed by atoms with E-state index in [1.807, 2.05) is 0 Å². The maximum absolute atomic E-state index is 10.7. The van der Waals surface area contributed by atoms with Crippen molar-refractivity contribution in [1.82, 2.24) is 0 Å². The third-order valence-electron chi connectivity index (χ3n) is 2.23. The number of nitrogens with two attached hydrogens (primary N) is 1. The molecule has 0 aliphatic carbocycles. The molecule has 2 N–H and O–H groups in total. The highest BCUT2D eigenvalue weighted by molar-refractivity contribution is 6.31. The number of nitro benzene ring substituents is 1. The van der Waals surface area contributed by atoms with Crippen LogP contribution < -0.4 is 10.5 Å². The molecule has 0 bridgehead atoms. The van der Waals surface area contributed by atoms with Gasteiger partial charge in [0, 0.05) is 22.7 Å². The Balaban J connectivity index is 2.54. The van der Waals surface area contributed by atoms with E-state index in [2.05, 4.69) is 0 Å². The number of hydrogen-bond donors (Lipinski definition) is 1. The van der Waals surface area contributed by atoms with Crippen LogP contribution in [-0.2, 0) is 6.42 Å². The third kappa shape index (κ3) is 1.88. The van der Waals surface area contributed by atoms with Crippen LogP contribution in [0.4, 0.5) is 5.69 Å². The first-order valence-electron chi connectivity index (χ1n) is 4.43. The number of ether oxygens (including phenoxy) is 1. The van der Waals surface area contributed by atoms with Gasteiger partial charge in [-0.3, -0.25) is 10.1 Å². The van der Waals surface area contributed by atoms with Crippen molar-refractivity contribution < 1.29 is 9.66 Å². The fraction of sp³-hybridized carbons (Fsp3) is 0.333. The number of nitro groups is 1. The molecule has 1 aromatic carbocycles. The molecule has 0 saturated heterocycles. The fourth-order valence-corrected chi connectivity index (χ4v) is 1.86. The first-order chi connectivity index (χ1) is 7.08. The molecule has 0 amide bonds. The van der Waals surface area contributed by atoms with Crippen LogP contribution in [0.1, 0.15) is 5.56 Å². The van der Waals surface area contributed by atoms with Crippen molar-refractivity contribution in [2.45, 2.75) is 12.5 Å². The van der Waals surface area contributed by atoms with Gasteiger partial charge >= 0.3 is 5.69 Å². The molecule has 1 aliphatic heterocycles. The van der Waals surface area contributed by atoms with E-state index in [-0.39, 0.29) is 11.7 Å². The van der Waals surface area contributed by atoms with Crippen LogP contribution in [0.25, 0.3) is 0 Å². The van der Waals surface area contributed by atoms with Gasteiger partial charge in [-0.1, -0.05) is 11.6 Å². The first kappa shape index (κ1) is 10.2. The molecule has 1 aliphatic rings. The second-order valence-electron chi connectivity index (χ2n) is 3.45. The summed E-state index contributed by atoms with van der Waals surface area (Å²) in [5, 5.41) is 11.1. The van der Waals surface area contributed by atoms with Gasteiger partial charge in [-0.2, -0.15) is 0 Å². The van der Waals surface area contributed by atoms with Crippen LogP contribution >= 0.6 is 11.6 Å². The minimum atomic E-state index is -0.498. The lowest BCUT2D eigenvalue weighted by Gasteiger charge is -2.22. The Morgan fingerprint density at radius 2 is 2.33 bits per heavy atom. The molecule has 0 saturated carbocycles. The van der Waals surface area contributed by atoms with Crippen LogP contribution in [-0.4, -0.2) is 17.6 Å². The van der Waals surface area contributed by atoms with E-state index in [0.717, 1.165) is 0 Å². The van der Waals surface area contributed by atoms with E-state index in [9.17, 15) is 10.1 Å². The van der Waals surface area contributed by atoms with Crippen LogP contribution in [0.3, 0.4) is 0 Å². The van der Waals surface area contributed by atoms with Gasteiger partial charge < -0.3 is 10.5 Å². The number of nitrogens with zero attached hydrogens (tertiary/aromatic N) is 1. The molecule has 15 heavy (non-hydrogen) atoms. The van der Waals surface area contributed by atoms with Crippen LogP contribution in [0, 0.1) is 10.1 Å². The number of benzene rings is 1. The summed E-state index contributed by atoms with van der Waals surface area (Å²) in [5.74, 6) is 0.297. The zero-order valence-corrected chi connectivity index (χ0v) is 8.53. The minimum Gasteiger partial charge on any atom is -0.485 e. The van der Waals surface area contributed by atoms with Crippen molar-refractivity contribution >= 4 is 17.3 Å². The molecule has 0 radical (unpaired) electrons. The molecule has 1 aromatic rings. The summed E-state index contributed by atoms with van der Waals surface area (Å²) in [5.41, 5.74) is 6.30. The minimum absolute atomic E-state index is 0.0931. The number of halogens is 1. The summed E-state index contributed by atoms with van der Waals surface area (Å²) in [7, 11) is 0. The maximum Gasteiger partial charge on any atom is 0.312 e. The van der Waals surface area contributed by atoms with E-state index in [4.69, 9.17) is 22.1 Å². The van der Waals surface area contributed by atoms with Gasteiger partial charge in [-0.05, 0) is 12.5 Å². The predicted molar refractivity (Wildman–Crippen MR) is 55.3 cm³/mol. The first-order valence-corrected chi connectivity index (χ1v) is 4.81. The number of rotatable bonds is 1. The second kappa shape index (κ2) is 3.67. The highest BCUT2D eigenvalue weighted by Crippen LogP contribution is 2.36. The van der Waals surface area contributed by atoms with Crippen molar-refractivity contribution in [3.8, 4) is 5.75 Å². The number of hydrogen-bond acceptors (Lipinski definition) is 4. The Labute approximate surface area is 90.9 Å². The topological polar surface area (TPSA) is 78.4 Å². The summed E-state index contributed by atoms with van der Waals surface area (Å²) in [6.45, 7) is 0.301. The van der Waals surface area contributed by atoms with E-state index < -0.39 is 4.92 Å². The van der Waals surface area contributed by atoms with Crippen molar-refractivity contribution in [2.24, 2.45) is 5.73 Å². The maximum atomic E-state index is 10.7. The molecule has 0 spiro atoms. The van der Waals surface area contributed by atoms with E-state index >= 15 is 0 Å². The summed E-state index contributed by atoms with van der Waals surface area (Å²) in [6.07, 6.45) is 0.552. The van der Waals surface area contributed by atoms with Gasteiger partial charge in [-0.25, -0.2) is 0 Å². The lowest BCUT2D eigenvalue weighted by atomic mass is 10.0. The summed E-state index contributed by atoms with van der Waals surface area (Å²) in [4.78, 5) is 10.2. The van der Waals surface area contributed by atoms with E-state index in [1.54, 1.807) is 6.07 Å². The lowest BCUT2D eigenvalue weighted by Crippen LogP contribution is -2.34. The van der Waals surface area contributed by atoms with Gasteiger partial charge in [0.15, 0.2) is 0 Å². The smallest absolute Gasteiger partial charge is 0.312 e. The Kier molecular flexibility index (Phi) is 2.50. The molecule has 0 fully saturated rings. The molecule has 2 rings (SSSR count). The van der Waals surface area contributed by atoms with Crippen molar-refractivity contribution in [3.63, 3.8) is 0 Å². The number of fused-ring (bicyclic) bond motifs is 1. The molecule has 1 atom stereocenters. The van der Waals surface area contributed by atoms with Crippen LogP contribution in [0.15, 0.2) is 12.1 Å². The van der Waals surface area contributed by atoms with E-state index in [0.29, 0.717) is 29.4 Å². The Hall–Kier alpha value is -1.33. The average molecular weight is 229 g/mol. The van der Waals surface area contributed by atoms with Gasteiger partial charge in [-0.15, -0.1) is 0 Å². The Morgan fingerprint density at radius 3 is 3.00 bits per heavy atom. The van der Waals surface area contributed by atoms with Crippen LogP contribution in [0.5, 0.6) is 5.75 Å². The molecule has 1 unspecified atom stereocenters. The standard InChI is InChI=1S/C9H9ClN2O3/c10-6-1-5-2-7(11)4-15-9(5)8(3-6)12(13)14/h1,3,7H,2,4,11H2. The largest absolute Gasteiger partial charge is 0.485 e. The Morgan fingerprint density at radius 1 is 1.60 bits per heavy atom. The summed E-state index contributed by atoms with van der Waals surface area (Å²) < 4.78 is 5.26. The highest BCUT2D eigenvalue weighted by atomic mass is 35.5. The zero-order valence-electron chi connectivity index (χ0n) is 7.77. The summed E-state index contributed by atoms with van der Waals surface area (Å²) in [6, 6.07) is 2.82. The van der Waals surface area contributed by atoms with Crippen molar-refractivity contribution in [1.29, 1.82) is 0 Å². The fourth-order valence-electron chi connectivity index (χ4n) is 1.62. The predicted octanol–water partition coefficient (Wildman–Crippen LogP) is 1.51. The molecule has 6 heteroatoms. The molecule has 80 valence electrons. The molecular weight excluding hydrogens is 220 g/mol. The second-order valence-corrected chi connectivity index (χ2v) is 3.88. The zero-order chi connectivity index (χ0) is 11.0. The SMILES string of the molecule is NC1COc2c(cc(Cl)cc2[N+](=O)[O-])C1. The quantitative estimate of drug-likeness (QED) is 0.584. The molecule has 0 aromatic heterocycles. The normalized spacial score (nSPS) is 19.2. The van der Waals surface area contributed by atoms with E-state index in [1.165, 1.54) is 6.07 Å². The van der Waals surface area contributed by atoms with Gasteiger partial charge in [0.2, 0.25) is 5.75 Å². The lowest BCUT2D eigenvalue weighted by molar-refractivity contribution is -0.386. The molecule has 1 heterocycles. The van der Waals surface area contributed by atoms with Gasteiger partial charge in [0.25, 0.3) is 0 Å². The van der Waals surface area contributed by atoms with Gasteiger partial charge in [0.1, 0.15) is 6.61 Å². The summed E-state index contributed by atoms with van der Waals surface area (Å²) >= 11 is 5.77. The van der Waals surface area contributed by atoms with Gasteiger partial charge in [0.05, 0.1) is 4.92 Å². The Bertz CT molecular complexity index is 422. The third-order valence-corrected chi connectivity index (χ3v) is 2.45. The van der Waals surface area contributed by atoms with Crippen LogP contribution in [0.2, 0.25) is 5.02 Å². The molecular formula is C9H9ClN2O3. The van der Waals surface area contributed by atoms with Crippen molar-refractivity contribution in [3.05, 3.63) is 32.8 Å². The highest BCUT2D eigenvalue weighted by Gasteiger charge is 2.26. The molecule has 5 nitrogen and oxygen atoms in total. The van der Waals surface area contributed by atoms with Crippen molar-refractivity contribution in [2.75, 3.05) is 6.61 Å².